The molecule has 0 rings (SSSR count). The fraction of sp³-hybridized carbons (Fsp3) is 1.00. The van der Waals surface area contributed by atoms with Crippen molar-refractivity contribution in [1.82, 2.24) is 4.72 Å². The van der Waals surface area contributed by atoms with E-state index in [1.807, 2.05) is 4.72 Å². The minimum Gasteiger partial charge on any atom is -0.735 e. The molecule has 0 fully saturated rings. The molecule has 0 aliphatic heterocycles. The van der Waals surface area contributed by atoms with Crippen molar-refractivity contribution in [2.24, 2.45) is 0 Å². The van der Waals surface area contributed by atoms with E-state index in [1.54, 1.807) is 20.8 Å². The minimum atomic E-state index is -4.29. The Balaban J connectivity index is 0. The first kappa shape index (κ1) is 14.4. The zero-order valence-electron chi connectivity index (χ0n) is 7.34. The van der Waals surface area contributed by atoms with Gasteiger partial charge in [0.15, 0.2) is 10.3 Å². The molecule has 0 saturated carbocycles. The minimum absolute atomic E-state index is 0. The molecule has 0 aliphatic carbocycles. The van der Waals surface area contributed by atoms with Gasteiger partial charge in [0.1, 0.15) is 0 Å². The topological polar surface area (TPSA) is 69.2 Å². The van der Waals surface area contributed by atoms with Gasteiger partial charge in [-0.3, -0.25) is 0 Å². The normalized spacial score (nSPS) is 12.4. The molecule has 0 aromatic rings. The van der Waals surface area contributed by atoms with Crippen molar-refractivity contribution >= 4 is 10.3 Å². The molecule has 0 saturated heterocycles. The summed E-state index contributed by atoms with van der Waals surface area (Å²) in [5.41, 5.74) is -0.624. The molecule has 11 heavy (non-hydrogen) atoms. The molecule has 0 radical (unpaired) electrons. The van der Waals surface area contributed by atoms with E-state index < -0.39 is 15.8 Å². The van der Waals surface area contributed by atoms with E-state index in [9.17, 15) is 13.0 Å². The monoisotopic (exact) mass is 189 g/mol. The number of nitrogens with one attached hydrogen (secondary N) is 1. The van der Waals surface area contributed by atoms with Crippen molar-refractivity contribution < 1.29 is 42.5 Å². The predicted molar refractivity (Wildman–Crippen MR) is 37.2 cm³/mol. The second-order valence-corrected chi connectivity index (χ2v) is 3.91. The van der Waals surface area contributed by atoms with Gasteiger partial charge in [-0.25, -0.2) is 13.1 Å². The maximum atomic E-state index is 10.1. The van der Waals surface area contributed by atoms with Crippen LogP contribution >= 0.6 is 0 Å². The van der Waals surface area contributed by atoms with Gasteiger partial charge in [0.25, 0.3) is 0 Å². The van der Waals surface area contributed by atoms with Gasteiger partial charge >= 0.3 is 29.6 Å². The van der Waals surface area contributed by atoms with Gasteiger partial charge < -0.3 is 4.55 Å². The fourth-order valence-corrected chi connectivity index (χ4v) is 1.23. The Hall–Kier alpha value is 0.870. The third-order valence-electron chi connectivity index (χ3n) is 1.29. The third-order valence-corrected chi connectivity index (χ3v) is 2.09. The standard InChI is InChI=1S/C5H13NO3S.Na/c1-4-5(2,3)6-10(7,8)9;/h6H,4H2,1-3H3,(H,7,8,9);/q;+1/p-1. The Labute approximate surface area is 89.9 Å². The van der Waals surface area contributed by atoms with Crippen LogP contribution in [0.1, 0.15) is 27.2 Å². The van der Waals surface area contributed by atoms with Crippen LogP contribution < -0.4 is 34.3 Å². The van der Waals surface area contributed by atoms with E-state index in [4.69, 9.17) is 0 Å². The summed E-state index contributed by atoms with van der Waals surface area (Å²) >= 11 is 0. The van der Waals surface area contributed by atoms with E-state index in [0.717, 1.165) is 0 Å². The van der Waals surface area contributed by atoms with Crippen molar-refractivity contribution in [3.8, 4) is 0 Å². The van der Waals surface area contributed by atoms with E-state index in [2.05, 4.69) is 0 Å². The molecular formula is C5H12NNaO3S. The molecule has 0 bridgehead atoms. The molecule has 0 unspecified atom stereocenters. The van der Waals surface area contributed by atoms with Gasteiger partial charge in [0, 0.05) is 5.54 Å². The maximum absolute atomic E-state index is 10.1. The van der Waals surface area contributed by atoms with E-state index in [-0.39, 0.29) is 29.6 Å². The SMILES string of the molecule is CCC(C)(C)NS(=O)(=O)[O-].[Na+]. The molecule has 62 valence electrons. The van der Waals surface area contributed by atoms with Crippen molar-refractivity contribution in [3.05, 3.63) is 0 Å². The zero-order chi connectivity index (χ0) is 8.41. The van der Waals surface area contributed by atoms with Crippen molar-refractivity contribution in [3.63, 3.8) is 0 Å². The molecule has 4 nitrogen and oxygen atoms in total. The van der Waals surface area contributed by atoms with Gasteiger partial charge in [-0.2, -0.15) is 0 Å². The molecular weight excluding hydrogens is 177 g/mol. The summed E-state index contributed by atoms with van der Waals surface area (Å²) in [4.78, 5) is 0. The largest absolute Gasteiger partial charge is 1.00 e. The Morgan fingerprint density at radius 3 is 1.91 bits per heavy atom. The maximum Gasteiger partial charge on any atom is 1.00 e. The second kappa shape index (κ2) is 4.79. The molecule has 1 N–H and O–H groups in total. The Morgan fingerprint density at radius 2 is 1.82 bits per heavy atom. The van der Waals surface area contributed by atoms with Crippen LogP contribution in [0.25, 0.3) is 0 Å². The quantitative estimate of drug-likeness (QED) is 0.386. The summed E-state index contributed by atoms with van der Waals surface area (Å²) in [7, 11) is -4.29. The smallest absolute Gasteiger partial charge is 0.735 e. The molecule has 0 amide bonds. The van der Waals surface area contributed by atoms with Gasteiger partial charge in [-0.15, -0.1) is 0 Å². The summed E-state index contributed by atoms with van der Waals surface area (Å²) in [6, 6.07) is 0. The molecule has 0 aromatic carbocycles. The molecule has 0 spiro atoms. The van der Waals surface area contributed by atoms with Crippen LogP contribution in [-0.2, 0) is 10.3 Å². The molecule has 0 heterocycles. The van der Waals surface area contributed by atoms with Gasteiger partial charge in [-0.1, -0.05) is 6.92 Å². The first-order chi connectivity index (χ1) is 4.27. The summed E-state index contributed by atoms with van der Waals surface area (Å²) in [6.45, 7) is 5.11. The average Bonchev–Trinajstić information content (AvgIpc) is 1.60. The van der Waals surface area contributed by atoms with Crippen LogP contribution in [-0.4, -0.2) is 18.5 Å². The van der Waals surface area contributed by atoms with Crippen molar-refractivity contribution in [2.75, 3.05) is 0 Å². The molecule has 0 atom stereocenters. The van der Waals surface area contributed by atoms with E-state index >= 15 is 0 Å². The van der Waals surface area contributed by atoms with Gasteiger partial charge in [0.05, 0.1) is 0 Å². The summed E-state index contributed by atoms with van der Waals surface area (Å²) in [6.07, 6.45) is 0.592. The Morgan fingerprint density at radius 1 is 1.45 bits per heavy atom. The molecule has 0 aliphatic rings. The number of hydrogen-bond acceptors (Lipinski definition) is 3. The van der Waals surface area contributed by atoms with Crippen molar-refractivity contribution in [1.29, 1.82) is 0 Å². The zero-order valence-corrected chi connectivity index (χ0v) is 10.2. The van der Waals surface area contributed by atoms with Crippen LogP contribution in [0.2, 0.25) is 0 Å². The Kier molecular flexibility index (Phi) is 6.27. The third kappa shape index (κ3) is 8.78. The predicted octanol–water partition coefficient (Wildman–Crippen LogP) is -2.77. The Bertz CT molecular complexity index is 200. The van der Waals surface area contributed by atoms with E-state index in [1.165, 1.54) is 0 Å². The summed E-state index contributed by atoms with van der Waals surface area (Å²) < 4.78 is 32.4. The van der Waals surface area contributed by atoms with Crippen LogP contribution in [0.3, 0.4) is 0 Å². The van der Waals surface area contributed by atoms with E-state index in [0.29, 0.717) is 6.42 Å². The van der Waals surface area contributed by atoms with Crippen LogP contribution in [0.5, 0.6) is 0 Å². The molecule has 0 aromatic heterocycles. The van der Waals surface area contributed by atoms with Crippen LogP contribution in [0.4, 0.5) is 0 Å². The average molecular weight is 189 g/mol. The number of rotatable bonds is 3. The van der Waals surface area contributed by atoms with Gasteiger partial charge in [0.2, 0.25) is 0 Å². The van der Waals surface area contributed by atoms with Crippen LogP contribution in [0, 0.1) is 0 Å². The van der Waals surface area contributed by atoms with Gasteiger partial charge in [-0.05, 0) is 20.3 Å². The second-order valence-electron chi connectivity index (χ2n) is 2.79. The number of hydrogen-bond donors (Lipinski definition) is 1. The van der Waals surface area contributed by atoms with Crippen molar-refractivity contribution in [2.45, 2.75) is 32.7 Å². The molecule has 6 heteroatoms. The fourth-order valence-electron chi connectivity index (χ4n) is 0.411. The summed E-state index contributed by atoms with van der Waals surface area (Å²) in [5.74, 6) is 0. The summed E-state index contributed by atoms with van der Waals surface area (Å²) in [5, 5.41) is 0. The first-order valence-corrected chi connectivity index (χ1v) is 4.42. The first-order valence-electron chi connectivity index (χ1n) is 3.01. The van der Waals surface area contributed by atoms with Crippen LogP contribution in [0.15, 0.2) is 0 Å².